The van der Waals surface area contributed by atoms with Crippen LogP contribution in [-0.4, -0.2) is 23.8 Å². The number of nitrogens with one attached hydrogen (secondary N) is 1. The molecule has 2 aromatic rings. The third-order valence-corrected chi connectivity index (χ3v) is 3.31. The van der Waals surface area contributed by atoms with Crippen LogP contribution in [0.5, 0.6) is 11.5 Å². The molecule has 0 bridgehead atoms. The minimum absolute atomic E-state index is 0.382. The first-order valence-electron chi connectivity index (χ1n) is 7.12. The lowest BCUT2D eigenvalue weighted by Crippen LogP contribution is -2.20. The zero-order valence-corrected chi connectivity index (χ0v) is 13.2. The van der Waals surface area contributed by atoms with E-state index in [1.807, 2.05) is 32.2 Å². The monoisotopic (exact) mass is 302 g/mol. The number of hydrogen-bond donors (Lipinski definition) is 2. The van der Waals surface area contributed by atoms with Crippen molar-refractivity contribution >= 4 is 0 Å². The second kappa shape index (κ2) is 7.72. The highest BCUT2D eigenvalue weighted by atomic mass is 16.5. The van der Waals surface area contributed by atoms with Gasteiger partial charge in [0, 0.05) is 25.5 Å². The van der Waals surface area contributed by atoms with Gasteiger partial charge in [0.25, 0.3) is 0 Å². The molecule has 0 fully saturated rings. The molecule has 0 unspecified atom stereocenters. The van der Waals surface area contributed by atoms with Crippen LogP contribution in [0.4, 0.5) is 0 Å². The number of nitrogens with zero attached hydrogens (tertiary/aromatic N) is 2. The van der Waals surface area contributed by atoms with E-state index >= 15 is 0 Å². The molecule has 0 atom stereocenters. The molecule has 6 heteroatoms. The Hall–Kier alpha value is -2.18. The van der Waals surface area contributed by atoms with Crippen LogP contribution < -0.4 is 20.5 Å². The molecule has 2 rings (SSSR count). The molecule has 0 spiro atoms. The molecule has 3 N–H and O–H groups in total. The second-order valence-electron chi connectivity index (χ2n) is 4.98. The smallest absolute Gasteiger partial charge is 0.142 e. The molecule has 0 amide bonds. The first-order chi connectivity index (χ1) is 10.6. The number of aryl methyl sites for hydroxylation is 2. The highest BCUT2D eigenvalue weighted by Crippen LogP contribution is 2.17. The largest absolute Gasteiger partial charge is 0.495 e. The molecule has 0 aromatic carbocycles. The van der Waals surface area contributed by atoms with Gasteiger partial charge in [0.15, 0.2) is 0 Å². The van der Waals surface area contributed by atoms with Crippen molar-refractivity contribution in [3.8, 4) is 11.5 Å². The summed E-state index contributed by atoms with van der Waals surface area (Å²) in [6.07, 6.45) is 3.59. The Kier molecular flexibility index (Phi) is 5.68. The summed E-state index contributed by atoms with van der Waals surface area (Å²) < 4.78 is 11.0. The maximum absolute atomic E-state index is 5.70. The molecule has 0 aliphatic heterocycles. The van der Waals surface area contributed by atoms with Crippen molar-refractivity contribution in [2.24, 2.45) is 5.73 Å². The summed E-state index contributed by atoms with van der Waals surface area (Å²) in [5.41, 5.74) is 9.32. The predicted molar refractivity (Wildman–Crippen MR) is 84.7 cm³/mol. The van der Waals surface area contributed by atoms with E-state index in [9.17, 15) is 0 Å². The van der Waals surface area contributed by atoms with E-state index in [0.29, 0.717) is 19.8 Å². The summed E-state index contributed by atoms with van der Waals surface area (Å²) in [5.74, 6) is 1.53. The van der Waals surface area contributed by atoms with Gasteiger partial charge in [-0.1, -0.05) is 0 Å². The Balaban J connectivity index is 1.87. The third-order valence-electron chi connectivity index (χ3n) is 3.31. The molecule has 6 nitrogen and oxygen atoms in total. The van der Waals surface area contributed by atoms with Gasteiger partial charge in [-0.3, -0.25) is 15.3 Å². The fourth-order valence-electron chi connectivity index (χ4n) is 1.99. The van der Waals surface area contributed by atoms with Gasteiger partial charge < -0.3 is 15.2 Å². The highest BCUT2D eigenvalue weighted by molar-refractivity contribution is 5.31. The molecule has 22 heavy (non-hydrogen) atoms. The first kappa shape index (κ1) is 16.2. The maximum Gasteiger partial charge on any atom is 0.142 e. The Labute approximate surface area is 130 Å². The maximum atomic E-state index is 5.70. The van der Waals surface area contributed by atoms with Crippen LogP contribution in [0.15, 0.2) is 24.5 Å². The van der Waals surface area contributed by atoms with Gasteiger partial charge >= 0.3 is 0 Å². The Bertz CT molecular complexity index is 632. The van der Waals surface area contributed by atoms with Crippen molar-refractivity contribution in [1.29, 1.82) is 0 Å². The van der Waals surface area contributed by atoms with Crippen molar-refractivity contribution < 1.29 is 9.47 Å². The lowest BCUT2D eigenvalue weighted by Gasteiger charge is -2.11. The average molecular weight is 302 g/mol. The zero-order valence-electron chi connectivity index (χ0n) is 13.2. The van der Waals surface area contributed by atoms with Crippen molar-refractivity contribution in [3.63, 3.8) is 0 Å². The Morgan fingerprint density at radius 2 is 1.68 bits per heavy atom. The average Bonchev–Trinajstić information content (AvgIpc) is 2.54. The highest BCUT2D eigenvalue weighted by Gasteiger charge is 2.04. The summed E-state index contributed by atoms with van der Waals surface area (Å²) in [4.78, 5) is 8.55. The van der Waals surface area contributed by atoms with Gasteiger partial charge in [-0.05, 0) is 37.1 Å². The third kappa shape index (κ3) is 4.16. The topological polar surface area (TPSA) is 82.3 Å². The minimum Gasteiger partial charge on any atom is -0.495 e. The van der Waals surface area contributed by atoms with Crippen molar-refractivity contribution in [2.75, 3.05) is 13.8 Å². The number of rotatable bonds is 7. The molecule has 0 radical (unpaired) electrons. The molecular formula is C16H22N4O2. The molecule has 0 aliphatic rings. The Morgan fingerprint density at radius 3 is 2.36 bits per heavy atom. The van der Waals surface area contributed by atoms with Gasteiger partial charge in [0.1, 0.15) is 18.2 Å². The van der Waals surface area contributed by atoms with Crippen LogP contribution in [0.25, 0.3) is 0 Å². The van der Waals surface area contributed by atoms with E-state index in [1.54, 1.807) is 13.3 Å². The van der Waals surface area contributed by atoms with Crippen LogP contribution >= 0.6 is 0 Å². The van der Waals surface area contributed by atoms with E-state index in [2.05, 4.69) is 15.3 Å². The molecule has 0 saturated heterocycles. The number of nitrogens with two attached hydrogens (primary N) is 1. The van der Waals surface area contributed by atoms with Gasteiger partial charge in [-0.25, -0.2) is 0 Å². The second-order valence-corrected chi connectivity index (χ2v) is 4.98. The molecule has 118 valence electrons. The summed E-state index contributed by atoms with van der Waals surface area (Å²) in [6, 6.07) is 3.89. The number of hydrogen-bond acceptors (Lipinski definition) is 6. The summed E-state index contributed by atoms with van der Waals surface area (Å²) in [7, 11) is 1.64. The lowest BCUT2D eigenvalue weighted by atomic mass is 10.2. The van der Waals surface area contributed by atoms with E-state index in [4.69, 9.17) is 15.2 Å². The fourth-order valence-corrected chi connectivity index (χ4v) is 1.99. The van der Waals surface area contributed by atoms with Crippen LogP contribution in [-0.2, 0) is 13.1 Å². The van der Waals surface area contributed by atoms with E-state index in [0.717, 1.165) is 34.0 Å². The predicted octanol–water partition coefficient (Wildman–Crippen LogP) is 1.69. The Morgan fingerprint density at radius 1 is 1.05 bits per heavy atom. The molecule has 2 aromatic heterocycles. The van der Waals surface area contributed by atoms with E-state index < -0.39 is 0 Å². The van der Waals surface area contributed by atoms with Gasteiger partial charge in [0.05, 0.1) is 18.5 Å². The summed E-state index contributed by atoms with van der Waals surface area (Å²) >= 11 is 0. The molecule has 0 saturated carbocycles. The molecule has 0 aliphatic carbocycles. The van der Waals surface area contributed by atoms with Gasteiger partial charge in [-0.2, -0.15) is 0 Å². The van der Waals surface area contributed by atoms with Crippen molar-refractivity contribution in [1.82, 2.24) is 15.3 Å². The number of ether oxygens (including phenoxy) is 2. The summed E-state index contributed by atoms with van der Waals surface area (Å²) in [5, 5.41) is 3.21. The standard InChI is InChI=1S/C16H22N4O2/c1-11-15(21-3)5-14(9-20-11)7-18-10-22-16-4-13(6-17)8-19-12(16)2/h4-5,8-9,18H,6-7,10,17H2,1-3H3. The zero-order chi connectivity index (χ0) is 15.9. The molecule has 2 heterocycles. The van der Waals surface area contributed by atoms with Crippen LogP contribution in [0, 0.1) is 13.8 Å². The van der Waals surface area contributed by atoms with E-state index in [-0.39, 0.29) is 0 Å². The lowest BCUT2D eigenvalue weighted by molar-refractivity contribution is 0.279. The molecular weight excluding hydrogens is 280 g/mol. The number of methoxy groups -OCH3 is 1. The van der Waals surface area contributed by atoms with E-state index in [1.165, 1.54) is 0 Å². The first-order valence-corrected chi connectivity index (χ1v) is 7.12. The fraction of sp³-hybridized carbons (Fsp3) is 0.375. The number of pyridine rings is 2. The normalized spacial score (nSPS) is 10.5. The van der Waals surface area contributed by atoms with Crippen molar-refractivity contribution in [3.05, 3.63) is 47.0 Å². The minimum atomic E-state index is 0.382. The van der Waals surface area contributed by atoms with Gasteiger partial charge in [0.2, 0.25) is 0 Å². The quantitative estimate of drug-likeness (QED) is 0.598. The number of aromatic nitrogens is 2. The van der Waals surface area contributed by atoms with Crippen LogP contribution in [0.3, 0.4) is 0 Å². The van der Waals surface area contributed by atoms with Crippen LogP contribution in [0.1, 0.15) is 22.5 Å². The van der Waals surface area contributed by atoms with Crippen molar-refractivity contribution in [2.45, 2.75) is 26.9 Å². The SMILES string of the molecule is COc1cc(CNCOc2cc(CN)cnc2C)cnc1C. The van der Waals surface area contributed by atoms with Crippen LogP contribution in [0.2, 0.25) is 0 Å². The summed E-state index contributed by atoms with van der Waals surface area (Å²) in [6.45, 7) is 5.30. The van der Waals surface area contributed by atoms with Gasteiger partial charge in [-0.15, -0.1) is 0 Å².